The van der Waals surface area contributed by atoms with Gasteiger partial charge in [0, 0.05) is 37.6 Å². The fourth-order valence-electron chi connectivity index (χ4n) is 3.95. The molecule has 5 heteroatoms. The third-order valence-electron chi connectivity index (χ3n) is 5.09. The Labute approximate surface area is 144 Å². The molecule has 0 radical (unpaired) electrons. The summed E-state index contributed by atoms with van der Waals surface area (Å²) in [5, 5.41) is 4.80. The van der Waals surface area contributed by atoms with Gasteiger partial charge in [-0.05, 0) is 30.6 Å². The van der Waals surface area contributed by atoms with Crippen molar-refractivity contribution in [3.8, 4) is 0 Å². The minimum absolute atomic E-state index is 0.669. The smallest absolute Gasteiger partial charge is 0.193 e. The molecule has 1 aliphatic heterocycles. The Morgan fingerprint density at radius 2 is 2.04 bits per heavy atom. The number of rotatable bonds is 4. The average Bonchev–Trinajstić information content (AvgIpc) is 3.14. The van der Waals surface area contributed by atoms with Gasteiger partial charge in [0.2, 0.25) is 0 Å². The number of nitrogens with zero attached hydrogens (tertiary/aromatic N) is 3. The first kappa shape index (κ1) is 16.7. The Hall–Kier alpha value is -1.10. The molecule has 1 aromatic heterocycles. The number of guanidine groups is 1. The van der Waals surface area contributed by atoms with Crippen molar-refractivity contribution >= 4 is 17.3 Å². The molecule has 0 bridgehead atoms. The molecule has 1 N–H and O–H groups in total. The quantitative estimate of drug-likeness (QED) is 0.676. The molecule has 0 aromatic carbocycles. The largest absolute Gasteiger partial charge is 0.351 e. The lowest BCUT2D eigenvalue weighted by molar-refractivity contribution is 0.299. The maximum absolute atomic E-state index is 4.54. The summed E-state index contributed by atoms with van der Waals surface area (Å²) in [6.07, 6.45) is 8.75. The van der Waals surface area contributed by atoms with Gasteiger partial charge in [0.1, 0.15) is 0 Å². The summed E-state index contributed by atoms with van der Waals surface area (Å²) >= 11 is 1.83. The van der Waals surface area contributed by atoms with Crippen LogP contribution < -0.4 is 5.32 Å². The van der Waals surface area contributed by atoms with Gasteiger partial charge in [-0.2, -0.15) is 0 Å². The molecule has 23 heavy (non-hydrogen) atoms. The van der Waals surface area contributed by atoms with Crippen molar-refractivity contribution in [2.75, 3.05) is 20.1 Å². The second kappa shape index (κ2) is 7.65. The second-order valence-electron chi connectivity index (χ2n) is 7.43. The van der Waals surface area contributed by atoms with Gasteiger partial charge >= 0.3 is 0 Å². The first-order valence-electron chi connectivity index (χ1n) is 9.05. The van der Waals surface area contributed by atoms with Crippen LogP contribution in [0, 0.1) is 17.8 Å². The van der Waals surface area contributed by atoms with E-state index in [2.05, 4.69) is 34.0 Å². The Morgan fingerprint density at radius 3 is 2.65 bits per heavy atom. The molecule has 0 amide bonds. The summed E-state index contributed by atoms with van der Waals surface area (Å²) in [4.78, 5) is 12.8. The van der Waals surface area contributed by atoms with Gasteiger partial charge in [0.25, 0.3) is 0 Å². The van der Waals surface area contributed by atoms with Crippen LogP contribution in [0.5, 0.6) is 0 Å². The molecule has 1 saturated heterocycles. The number of hydrogen-bond donors (Lipinski definition) is 1. The van der Waals surface area contributed by atoms with Crippen LogP contribution in [-0.4, -0.2) is 36.0 Å². The SMILES string of the molecule is CN=C(NCc1cnc(CC(C)C)s1)N1CC2CCCCC2C1. The molecule has 2 atom stereocenters. The van der Waals surface area contributed by atoms with E-state index >= 15 is 0 Å². The zero-order chi connectivity index (χ0) is 16.2. The number of likely N-dealkylation sites (tertiary alicyclic amines) is 1. The molecule has 128 valence electrons. The minimum atomic E-state index is 0.669. The minimum Gasteiger partial charge on any atom is -0.351 e. The molecular formula is C18H30N4S. The van der Waals surface area contributed by atoms with Gasteiger partial charge in [0.15, 0.2) is 5.96 Å². The van der Waals surface area contributed by atoms with E-state index in [1.165, 1.54) is 48.7 Å². The lowest BCUT2D eigenvalue weighted by Crippen LogP contribution is -2.39. The van der Waals surface area contributed by atoms with E-state index in [-0.39, 0.29) is 0 Å². The summed E-state index contributed by atoms with van der Waals surface area (Å²) in [6.45, 7) is 7.70. The molecule has 2 fully saturated rings. The van der Waals surface area contributed by atoms with Gasteiger partial charge in [-0.3, -0.25) is 4.99 Å². The van der Waals surface area contributed by atoms with Crippen molar-refractivity contribution in [2.24, 2.45) is 22.7 Å². The summed E-state index contributed by atoms with van der Waals surface area (Å²) in [5.74, 6) is 3.52. The van der Waals surface area contributed by atoms with E-state index < -0.39 is 0 Å². The van der Waals surface area contributed by atoms with E-state index in [1.807, 2.05) is 24.6 Å². The predicted molar refractivity (Wildman–Crippen MR) is 97.9 cm³/mol. The summed E-state index contributed by atoms with van der Waals surface area (Å²) in [6, 6.07) is 0. The van der Waals surface area contributed by atoms with Crippen molar-refractivity contribution < 1.29 is 0 Å². The monoisotopic (exact) mass is 334 g/mol. The van der Waals surface area contributed by atoms with Crippen LogP contribution in [0.3, 0.4) is 0 Å². The number of nitrogens with one attached hydrogen (secondary N) is 1. The predicted octanol–water partition coefficient (Wildman–Crippen LogP) is 3.54. The fourth-order valence-corrected chi connectivity index (χ4v) is 5.03. The molecule has 2 heterocycles. The normalized spacial score (nSPS) is 25.0. The molecule has 3 rings (SSSR count). The molecule has 1 aliphatic carbocycles. The van der Waals surface area contributed by atoms with Crippen LogP contribution in [0.25, 0.3) is 0 Å². The Bertz CT molecular complexity index is 523. The number of thiazole rings is 1. The van der Waals surface area contributed by atoms with Gasteiger partial charge in [-0.15, -0.1) is 11.3 Å². The highest BCUT2D eigenvalue weighted by atomic mass is 32.1. The van der Waals surface area contributed by atoms with E-state index in [4.69, 9.17) is 0 Å². The molecule has 4 nitrogen and oxygen atoms in total. The fraction of sp³-hybridized carbons (Fsp3) is 0.778. The van der Waals surface area contributed by atoms with Crippen molar-refractivity contribution in [1.29, 1.82) is 0 Å². The van der Waals surface area contributed by atoms with Gasteiger partial charge in [0.05, 0.1) is 11.6 Å². The summed E-state index contributed by atoms with van der Waals surface area (Å²) in [7, 11) is 1.90. The molecule has 1 saturated carbocycles. The maximum Gasteiger partial charge on any atom is 0.193 e. The average molecular weight is 335 g/mol. The highest BCUT2D eigenvalue weighted by molar-refractivity contribution is 7.11. The van der Waals surface area contributed by atoms with Gasteiger partial charge < -0.3 is 10.2 Å². The Balaban J connectivity index is 1.53. The summed E-state index contributed by atoms with van der Waals surface area (Å²) in [5.41, 5.74) is 0. The first-order valence-corrected chi connectivity index (χ1v) is 9.86. The third-order valence-corrected chi connectivity index (χ3v) is 6.11. The van der Waals surface area contributed by atoms with E-state index in [0.29, 0.717) is 5.92 Å². The van der Waals surface area contributed by atoms with Gasteiger partial charge in [-0.1, -0.05) is 26.7 Å². The second-order valence-corrected chi connectivity index (χ2v) is 8.63. The number of fused-ring (bicyclic) bond motifs is 1. The van der Waals surface area contributed by atoms with E-state index in [0.717, 1.165) is 30.8 Å². The van der Waals surface area contributed by atoms with Crippen LogP contribution in [0.2, 0.25) is 0 Å². The zero-order valence-electron chi connectivity index (χ0n) is 14.7. The van der Waals surface area contributed by atoms with Crippen LogP contribution in [-0.2, 0) is 13.0 Å². The molecule has 2 unspecified atom stereocenters. The number of aromatic nitrogens is 1. The maximum atomic E-state index is 4.54. The number of hydrogen-bond acceptors (Lipinski definition) is 3. The standard InChI is InChI=1S/C18H30N4S/c1-13(2)8-17-20-9-16(23-17)10-21-18(19-3)22-11-14-6-4-5-7-15(14)12-22/h9,13-15H,4-8,10-12H2,1-3H3,(H,19,21). The van der Waals surface area contributed by atoms with Gasteiger partial charge in [-0.25, -0.2) is 4.98 Å². The van der Waals surface area contributed by atoms with Crippen LogP contribution in [0.4, 0.5) is 0 Å². The highest BCUT2D eigenvalue weighted by Gasteiger charge is 2.35. The number of aliphatic imine (C=N–C) groups is 1. The molecular weight excluding hydrogens is 304 g/mol. The van der Waals surface area contributed by atoms with Crippen molar-refractivity contribution in [3.63, 3.8) is 0 Å². The van der Waals surface area contributed by atoms with Crippen molar-refractivity contribution in [2.45, 2.75) is 52.5 Å². The van der Waals surface area contributed by atoms with Crippen molar-refractivity contribution in [3.05, 3.63) is 16.1 Å². The Morgan fingerprint density at radius 1 is 1.35 bits per heavy atom. The molecule has 1 aromatic rings. The van der Waals surface area contributed by atoms with E-state index in [1.54, 1.807) is 0 Å². The van der Waals surface area contributed by atoms with Crippen molar-refractivity contribution in [1.82, 2.24) is 15.2 Å². The zero-order valence-corrected chi connectivity index (χ0v) is 15.5. The Kier molecular flexibility index (Phi) is 5.57. The van der Waals surface area contributed by atoms with Crippen LogP contribution in [0.1, 0.15) is 49.4 Å². The molecule has 2 aliphatic rings. The molecule has 0 spiro atoms. The first-order chi connectivity index (χ1) is 11.2. The lowest BCUT2D eigenvalue weighted by atomic mass is 9.82. The lowest BCUT2D eigenvalue weighted by Gasteiger charge is -2.22. The van der Waals surface area contributed by atoms with Crippen LogP contribution >= 0.6 is 11.3 Å². The topological polar surface area (TPSA) is 40.5 Å². The third kappa shape index (κ3) is 4.25. The van der Waals surface area contributed by atoms with E-state index in [9.17, 15) is 0 Å². The van der Waals surface area contributed by atoms with Crippen LogP contribution in [0.15, 0.2) is 11.2 Å². The summed E-state index contributed by atoms with van der Waals surface area (Å²) < 4.78 is 0. The highest BCUT2D eigenvalue weighted by Crippen LogP contribution is 2.35.